The number of aromatic nitrogens is 1. The summed E-state index contributed by atoms with van der Waals surface area (Å²) in [7, 11) is 0. The molecule has 1 aliphatic carbocycles. The molecule has 4 atom stereocenters. The Hall–Kier alpha value is -3.11. The number of benzene rings is 1. The zero-order valence-electron chi connectivity index (χ0n) is 20.9. The quantitative estimate of drug-likeness (QED) is 0.504. The van der Waals surface area contributed by atoms with Gasteiger partial charge in [-0.3, -0.25) is 4.79 Å². The van der Waals surface area contributed by atoms with Gasteiger partial charge in [-0.2, -0.15) is 5.26 Å². The Kier molecular flexibility index (Phi) is 7.56. The van der Waals surface area contributed by atoms with Crippen LogP contribution >= 0.6 is 11.6 Å². The Bertz CT molecular complexity index is 1150. The fourth-order valence-electron chi connectivity index (χ4n) is 6.01. The average molecular weight is 509 g/mol. The molecular weight excluding hydrogens is 476 g/mol. The fraction of sp³-hybridized carbons (Fsp3) is 0.500. The summed E-state index contributed by atoms with van der Waals surface area (Å²) < 4.78 is 0. The number of aliphatic carboxylic acids is 1. The van der Waals surface area contributed by atoms with Gasteiger partial charge >= 0.3 is 5.97 Å². The van der Waals surface area contributed by atoms with Crippen molar-refractivity contribution in [1.29, 1.82) is 5.26 Å². The molecule has 2 fully saturated rings. The molecule has 8 heteroatoms. The lowest BCUT2D eigenvalue weighted by Gasteiger charge is -2.36. The summed E-state index contributed by atoms with van der Waals surface area (Å²) in [4.78, 5) is 32.8. The molecule has 0 radical (unpaired) electrons. The van der Waals surface area contributed by atoms with Gasteiger partial charge in [0.2, 0.25) is 5.91 Å². The van der Waals surface area contributed by atoms with E-state index in [1.54, 1.807) is 11.0 Å². The number of anilines is 1. The molecule has 2 heterocycles. The van der Waals surface area contributed by atoms with Crippen molar-refractivity contribution in [3.8, 4) is 6.07 Å². The lowest BCUT2D eigenvalue weighted by Crippen LogP contribution is -2.49. The number of nitriles is 1. The number of carboxylic acids is 1. The van der Waals surface area contributed by atoms with E-state index in [1.165, 1.54) is 6.20 Å². The van der Waals surface area contributed by atoms with E-state index < -0.39 is 35.4 Å². The third-order valence-corrected chi connectivity index (χ3v) is 7.86. The summed E-state index contributed by atoms with van der Waals surface area (Å²) in [6, 6.07) is 11.3. The van der Waals surface area contributed by atoms with E-state index in [-0.39, 0.29) is 17.0 Å². The van der Waals surface area contributed by atoms with Crippen LogP contribution < -0.4 is 5.32 Å². The van der Waals surface area contributed by atoms with Gasteiger partial charge in [-0.15, -0.1) is 0 Å². The Morgan fingerprint density at radius 3 is 2.42 bits per heavy atom. The van der Waals surface area contributed by atoms with Crippen LogP contribution in [0.2, 0.25) is 5.15 Å². The number of nitrogens with zero attached hydrogens (tertiary/aromatic N) is 3. The molecule has 4 rings (SSSR count). The maximum Gasteiger partial charge on any atom is 0.326 e. The minimum Gasteiger partial charge on any atom is -0.480 e. The number of rotatable bonds is 5. The highest BCUT2D eigenvalue weighted by molar-refractivity contribution is 6.32. The summed E-state index contributed by atoms with van der Waals surface area (Å²) in [5.41, 5.74) is 1.18. The molecule has 1 aromatic heterocycles. The highest BCUT2D eigenvalue weighted by Gasteiger charge is 2.58. The van der Waals surface area contributed by atoms with E-state index >= 15 is 0 Å². The first-order valence-corrected chi connectivity index (χ1v) is 12.9. The summed E-state index contributed by atoms with van der Waals surface area (Å²) >= 11 is 6.43. The number of carbonyl (C=O) groups excluding carboxylic acids is 1. The fourth-order valence-corrected chi connectivity index (χ4v) is 6.17. The van der Waals surface area contributed by atoms with E-state index in [2.05, 4.69) is 16.4 Å². The average Bonchev–Trinajstić information content (AvgIpc) is 3.21. The van der Waals surface area contributed by atoms with Crippen molar-refractivity contribution in [3.05, 3.63) is 58.9 Å². The number of carboxylic acid groups (broad SMARTS) is 1. The summed E-state index contributed by atoms with van der Waals surface area (Å²) in [6.07, 6.45) is 6.01. The lowest BCUT2D eigenvalue weighted by atomic mass is 9.72. The van der Waals surface area contributed by atoms with Crippen molar-refractivity contribution >= 4 is 29.2 Å². The monoisotopic (exact) mass is 508 g/mol. The van der Waals surface area contributed by atoms with Gasteiger partial charge in [0.25, 0.3) is 0 Å². The standard InChI is InChI=1S/C28H33ClN4O3/c1-28(2,3)21-22(32-20-14-17(15-30)16-31-25(20)29)23(18-10-6-4-7-11-18)33(24(21)27(35)36)26(34)19-12-8-5-9-13-19/h4,6-7,10-11,14,16,19,21-24,32H,5,8-9,12-13H2,1-3H3,(H,35,36)/t21-,22-,23-,24-/m0/s1. The van der Waals surface area contributed by atoms with Crippen LogP contribution in [0.1, 0.15) is 70.0 Å². The minimum atomic E-state index is -1.02. The third-order valence-electron chi connectivity index (χ3n) is 7.56. The number of hydrogen-bond acceptors (Lipinski definition) is 5. The van der Waals surface area contributed by atoms with E-state index in [0.717, 1.165) is 37.7 Å². The zero-order chi connectivity index (χ0) is 26.0. The SMILES string of the molecule is CC(C)(C)[C@H]1[C@H](Nc2cc(C#N)cnc2Cl)[C@H](c2ccccc2)N(C(=O)C2CCCCC2)[C@@H]1C(=O)O. The largest absolute Gasteiger partial charge is 0.480 e. The molecule has 2 aliphatic rings. The predicted octanol–water partition coefficient (Wildman–Crippen LogP) is 5.67. The molecule has 0 unspecified atom stereocenters. The number of carbonyl (C=O) groups is 2. The van der Waals surface area contributed by atoms with Crippen LogP contribution in [0, 0.1) is 28.6 Å². The lowest BCUT2D eigenvalue weighted by molar-refractivity contribution is -0.154. The molecule has 1 aromatic carbocycles. The Morgan fingerprint density at radius 1 is 1.17 bits per heavy atom. The van der Waals surface area contributed by atoms with Crippen LogP contribution in [0.3, 0.4) is 0 Å². The normalized spacial score (nSPS) is 24.8. The first-order valence-electron chi connectivity index (χ1n) is 12.6. The van der Waals surface area contributed by atoms with E-state index in [1.807, 2.05) is 51.1 Å². The minimum absolute atomic E-state index is 0.0931. The van der Waals surface area contributed by atoms with Gasteiger partial charge < -0.3 is 15.3 Å². The number of halogens is 1. The molecule has 1 saturated heterocycles. The van der Waals surface area contributed by atoms with Crippen molar-refractivity contribution in [2.75, 3.05) is 5.32 Å². The molecular formula is C28H33ClN4O3. The second-order valence-electron chi connectivity index (χ2n) is 11.0. The van der Waals surface area contributed by atoms with Gasteiger partial charge in [-0.05, 0) is 29.9 Å². The van der Waals surface area contributed by atoms with Crippen LogP contribution in [0.15, 0.2) is 42.6 Å². The van der Waals surface area contributed by atoms with E-state index in [4.69, 9.17) is 11.6 Å². The zero-order valence-corrected chi connectivity index (χ0v) is 21.7. The van der Waals surface area contributed by atoms with Crippen molar-refractivity contribution in [2.45, 2.75) is 71.0 Å². The number of pyridine rings is 1. The van der Waals surface area contributed by atoms with Gasteiger partial charge in [0.1, 0.15) is 12.1 Å². The topological polar surface area (TPSA) is 106 Å². The second kappa shape index (κ2) is 10.5. The van der Waals surface area contributed by atoms with Crippen LogP contribution in [-0.4, -0.2) is 39.0 Å². The summed E-state index contributed by atoms with van der Waals surface area (Å²) in [5.74, 6) is -1.74. The highest BCUT2D eigenvalue weighted by Crippen LogP contribution is 2.50. The van der Waals surface area contributed by atoms with Gasteiger partial charge in [-0.25, -0.2) is 9.78 Å². The molecule has 0 spiro atoms. The Labute approximate surface area is 217 Å². The maximum absolute atomic E-state index is 14.1. The van der Waals surface area contributed by atoms with E-state index in [9.17, 15) is 20.0 Å². The first kappa shape index (κ1) is 26.0. The van der Waals surface area contributed by atoms with Gasteiger partial charge in [0, 0.05) is 18.0 Å². The molecule has 0 bridgehead atoms. The molecule has 36 heavy (non-hydrogen) atoms. The second-order valence-corrected chi connectivity index (χ2v) is 11.3. The molecule has 7 nitrogen and oxygen atoms in total. The van der Waals surface area contributed by atoms with Crippen molar-refractivity contribution in [3.63, 3.8) is 0 Å². The summed E-state index contributed by atoms with van der Waals surface area (Å²) in [6.45, 7) is 6.01. The molecule has 2 aromatic rings. The molecule has 1 saturated carbocycles. The van der Waals surface area contributed by atoms with Crippen molar-refractivity contribution in [2.24, 2.45) is 17.3 Å². The first-order chi connectivity index (χ1) is 17.1. The summed E-state index contributed by atoms with van der Waals surface area (Å²) in [5, 5.41) is 23.6. The van der Waals surface area contributed by atoms with Gasteiger partial charge in [-0.1, -0.05) is 82.0 Å². The van der Waals surface area contributed by atoms with Crippen LogP contribution in [0.5, 0.6) is 0 Å². The van der Waals surface area contributed by atoms with E-state index in [0.29, 0.717) is 11.3 Å². The van der Waals surface area contributed by atoms with Crippen molar-refractivity contribution in [1.82, 2.24) is 9.88 Å². The van der Waals surface area contributed by atoms with Gasteiger partial charge in [0.05, 0.1) is 23.3 Å². The van der Waals surface area contributed by atoms with Crippen LogP contribution in [-0.2, 0) is 9.59 Å². The smallest absolute Gasteiger partial charge is 0.326 e. The molecule has 1 aliphatic heterocycles. The number of hydrogen-bond donors (Lipinski definition) is 2. The molecule has 1 amide bonds. The number of amides is 1. The Morgan fingerprint density at radius 2 is 1.83 bits per heavy atom. The van der Waals surface area contributed by atoms with Crippen LogP contribution in [0.25, 0.3) is 0 Å². The molecule has 190 valence electrons. The predicted molar refractivity (Wildman–Crippen MR) is 138 cm³/mol. The van der Waals surface area contributed by atoms with Gasteiger partial charge in [0.15, 0.2) is 5.15 Å². The molecule has 2 N–H and O–H groups in total. The maximum atomic E-state index is 14.1. The Balaban J connectivity index is 1.89. The van der Waals surface area contributed by atoms with Crippen molar-refractivity contribution < 1.29 is 14.7 Å². The number of likely N-dealkylation sites (tertiary alicyclic amines) is 1. The van der Waals surface area contributed by atoms with Crippen LogP contribution in [0.4, 0.5) is 5.69 Å². The number of nitrogens with one attached hydrogen (secondary N) is 1. The third kappa shape index (κ3) is 5.05. The highest BCUT2D eigenvalue weighted by atomic mass is 35.5.